The Labute approximate surface area is 210 Å². The minimum absolute atomic E-state index is 0.0958. The number of aromatic nitrogens is 1. The molecule has 196 valence electrons. The van der Waals surface area contributed by atoms with Gasteiger partial charge < -0.3 is 20.4 Å². The molecular weight excluding hydrogens is 442 g/mol. The van der Waals surface area contributed by atoms with Crippen molar-refractivity contribution in [2.75, 3.05) is 6.54 Å². The summed E-state index contributed by atoms with van der Waals surface area (Å²) in [7, 11) is 0. The van der Waals surface area contributed by atoms with Gasteiger partial charge in [0.05, 0.1) is 24.4 Å². The van der Waals surface area contributed by atoms with Gasteiger partial charge in [-0.1, -0.05) is 52.0 Å². The zero-order valence-corrected chi connectivity index (χ0v) is 21.6. The molecule has 0 saturated heterocycles. The average Bonchev–Trinajstić information content (AvgIpc) is 3.68. The van der Waals surface area contributed by atoms with Crippen molar-refractivity contribution in [3.63, 3.8) is 0 Å². The van der Waals surface area contributed by atoms with Crippen LogP contribution in [0.4, 0.5) is 0 Å². The molecule has 1 aromatic heterocycles. The van der Waals surface area contributed by atoms with Crippen LogP contribution in [0.2, 0.25) is 0 Å². The highest BCUT2D eigenvalue weighted by Crippen LogP contribution is 2.35. The van der Waals surface area contributed by atoms with Gasteiger partial charge in [0.1, 0.15) is 6.10 Å². The van der Waals surface area contributed by atoms with E-state index in [1.165, 1.54) is 19.3 Å². The van der Waals surface area contributed by atoms with E-state index < -0.39 is 18.2 Å². The first kappa shape index (κ1) is 27.6. The lowest BCUT2D eigenvalue weighted by molar-refractivity contribution is -0.141. The lowest BCUT2D eigenvalue weighted by Crippen LogP contribution is -2.53. The van der Waals surface area contributed by atoms with Crippen molar-refractivity contribution < 1.29 is 19.8 Å². The van der Waals surface area contributed by atoms with Crippen LogP contribution in [-0.2, 0) is 16.1 Å². The van der Waals surface area contributed by atoms with E-state index in [0.29, 0.717) is 31.3 Å². The number of carbonyl (C=O) groups excluding carboxylic acids is 2. The molecule has 2 amide bonds. The van der Waals surface area contributed by atoms with Crippen molar-refractivity contribution in [3.05, 3.63) is 30.1 Å². The quantitative estimate of drug-likeness (QED) is 0.370. The molecule has 2 aliphatic carbocycles. The Balaban J connectivity index is 1.64. The smallest absolute Gasteiger partial charge is 0.223 e. The molecule has 7 heteroatoms. The van der Waals surface area contributed by atoms with Gasteiger partial charge in [0.2, 0.25) is 11.8 Å². The third kappa shape index (κ3) is 9.53. The average molecular weight is 488 g/mol. The van der Waals surface area contributed by atoms with Gasteiger partial charge in [-0.25, -0.2) is 0 Å². The molecule has 0 aliphatic heterocycles. The molecule has 2 fully saturated rings. The molecule has 3 atom stereocenters. The number of amides is 2. The van der Waals surface area contributed by atoms with E-state index in [1.54, 1.807) is 6.20 Å². The van der Waals surface area contributed by atoms with Crippen LogP contribution in [0.1, 0.15) is 90.2 Å². The van der Waals surface area contributed by atoms with E-state index in [9.17, 15) is 19.8 Å². The van der Waals surface area contributed by atoms with Crippen LogP contribution in [0.3, 0.4) is 0 Å². The molecular formula is C28H45N3O4. The second kappa shape index (κ2) is 13.9. The lowest BCUT2D eigenvalue weighted by atomic mass is 9.81. The zero-order chi connectivity index (χ0) is 25.2. The van der Waals surface area contributed by atoms with E-state index in [1.807, 2.05) is 36.9 Å². The fraction of sp³-hybridized carbons (Fsp3) is 0.750. The second-order valence-electron chi connectivity index (χ2n) is 11.1. The Kier molecular flexibility index (Phi) is 11.0. The number of aliphatic hydroxyl groups is 2. The van der Waals surface area contributed by atoms with Gasteiger partial charge in [-0.15, -0.1) is 0 Å². The van der Waals surface area contributed by atoms with E-state index in [4.69, 9.17) is 0 Å². The molecule has 7 nitrogen and oxygen atoms in total. The van der Waals surface area contributed by atoms with Crippen molar-refractivity contribution in [2.24, 2.45) is 17.8 Å². The summed E-state index contributed by atoms with van der Waals surface area (Å²) in [5.41, 5.74) is 0.775. The molecule has 0 aromatic carbocycles. The maximum atomic E-state index is 13.5. The van der Waals surface area contributed by atoms with Gasteiger partial charge in [0.25, 0.3) is 0 Å². The summed E-state index contributed by atoms with van der Waals surface area (Å²) in [4.78, 5) is 31.9. The normalized spacial score (nSPS) is 19.2. The molecule has 3 N–H and O–H groups in total. The Morgan fingerprint density at radius 1 is 1.06 bits per heavy atom. The number of hydrogen-bond acceptors (Lipinski definition) is 5. The van der Waals surface area contributed by atoms with Gasteiger partial charge in [-0.3, -0.25) is 14.6 Å². The second-order valence-corrected chi connectivity index (χ2v) is 11.1. The highest BCUT2D eigenvalue weighted by atomic mass is 16.3. The Bertz CT molecular complexity index is 778. The van der Waals surface area contributed by atoms with Gasteiger partial charge in [-0.2, -0.15) is 0 Å². The third-order valence-corrected chi connectivity index (χ3v) is 7.43. The Morgan fingerprint density at radius 2 is 1.80 bits per heavy atom. The van der Waals surface area contributed by atoms with Crippen molar-refractivity contribution in [1.82, 2.24) is 15.2 Å². The van der Waals surface area contributed by atoms with Gasteiger partial charge in [0, 0.05) is 25.6 Å². The number of hydrogen-bond donors (Lipinski definition) is 3. The maximum Gasteiger partial charge on any atom is 0.223 e. The minimum atomic E-state index is -0.972. The SMILES string of the molecule is CC(C)C[C@H](O)[C@H](O)[C@H](CC1CCCCC1)N(CC1CC1)C(=O)CCC(=O)NCc1ccccn1. The number of nitrogens with zero attached hydrogens (tertiary/aromatic N) is 2. The van der Waals surface area contributed by atoms with Gasteiger partial charge >= 0.3 is 0 Å². The summed E-state index contributed by atoms with van der Waals surface area (Å²) in [6, 6.07) is 5.15. The predicted molar refractivity (Wildman–Crippen MR) is 136 cm³/mol. The molecule has 2 saturated carbocycles. The summed E-state index contributed by atoms with van der Waals surface area (Å²) in [5.74, 6) is 0.900. The van der Waals surface area contributed by atoms with Crippen molar-refractivity contribution in [1.29, 1.82) is 0 Å². The minimum Gasteiger partial charge on any atom is -0.390 e. The molecule has 3 rings (SSSR count). The van der Waals surface area contributed by atoms with Crippen LogP contribution >= 0.6 is 0 Å². The molecule has 0 bridgehead atoms. The molecule has 0 unspecified atom stereocenters. The van der Waals surface area contributed by atoms with Crippen LogP contribution < -0.4 is 5.32 Å². The summed E-state index contributed by atoms with van der Waals surface area (Å²) in [5, 5.41) is 24.9. The van der Waals surface area contributed by atoms with Crippen LogP contribution in [0.25, 0.3) is 0 Å². The molecule has 2 aliphatic rings. The number of rotatable bonds is 14. The summed E-state index contributed by atoms with van der Waals surface area (Å²) < 4.78 is 0. The monoisotopic (exact) mass is 487 g/mol. The van der Waals surface area contributed by atoms with Crippen LogP contribution in [0, 0.1) is 17.8 Å². The summed E-state index contributed by atoms with van der Waals surface area (Å²) >= 11 is 0. The molecule has 1 aromatic rings. The van der Waals surface area contributed by atoms with E-state index in [-0.39, 0.29) is 30.6 Å². The summed E-state index contributed by atoms with van der Waals surface area (Å²) in [6.45, 7) is 5.01. The van der Waals surface area contributed by atoms with Crippen LogP contribution in [0.5, 0.6) is 0 Å². The standard InChI is InChI=1S/C28H45N3O4/c1-20(2)16-25(32)28(35)24(17-21-8-4-3-5-9-21)31(19-22-11-12-22)27(34)14-13-26(33)30-18-23-10-6-7-15-29-23/h6-7,10,15,20-22,24-25,28,32,35H,3-5,8-9,11-14,16-19H2,1-2H3,(H,30,33)/t24-,25-,28+/m0/s1. The maximum absolute atomic E-state index is 13.5. The molecule has 35 heavy (non-hydrogen) atoms. The molecule has 1 heterocycles. The molecule has 0 spiro atoms. The van der Waals surface area contributed by atoms with Crippen molar-refractivity contribution >= 4 is 11.8 Å². The zero-order valence-electron chi connectivity index (χ0n) is 21.6. The number of aliphatic hydroxyl groups excluding tert-OH is 2. The van der Waals surface area contributed by atoms with E-state index in [2.05, 4.69) is 10.3 Å². The van der Waals surface area contributed by atoms with Gasteiger partial charge in [0.15, 0.2) is 0 Å². The van der Waals surface area contributed by atoms with Crippen LogP contribution in [0.15, 0.2) is 24.4 Å². The molecule has 0 radical (unpaired) electrons. The topological polar surface area (TPSA) is 103 Å². The van der Waals surface area contributed by atoms with Crippen molar-refractivity contribution in [3.8, 4) is 0 Å². The highest BCUT2D eigenvalue weighted by Gasteiger charge is 2.38. The Morgan fingerprint density at radius 3 is 2.43 bits per heavy atom. The first-order valence-corrected chi connectivity index (χ1v) is 13.7. The fourth-order valence-electron chi connectivity index (χ4n) is 5.24. The first-order chi connectivity index (χ1) is 16.8. The largest absolute Gasteiger partial charge is 0.390 e. The van der Waals surface area contributed by atoms with Gasteiger partial charge in [-0.05, 0) is 55.6 Å². The first-order valence-electron chi connectivity index (χ1n) is 13.7. The van der Waals surface area contributed by atoms with E-state index in [0.717, 1.165) is 37.8 Å². The van der Waals surface area contributed by atoms with E-state index >= 15 is 0 Å². The lowest BCUT2D eigenvalue weighted by Gasteiger charge is -2.40. The highest BCUT2D eigenvalue weighted by molar-refractivity contribution is 5.84. The number of pyridine rings is 1. The number of nitrogens with one attached hydrogen (secondary N) is 1. The fourth-order valence-corrected chi connectivity index (χ4v) is 5.24. The van der Waals surface area contributed by atoms with Crippen LogP contribution in [-0.4, -0.2) is 56.7 Å². The predicted octanol–water partition coefficient (Wildman–Crippen LogP) is 3.82. The van der Waals surface area contributed by atoms with Crippen molar-refractivity contribution in [2.45, 2.75) is 109 Å². The summed E-state index contributed by atoms with van der Waals surface area (Å²) in [6.07, 6.45) is 9.33. The Hall–Kier alpha value is -1.99. The third-order valence-electron chi connectivity index (χ3n) is 7.43. The number of carbonyl (C=O) groups is 2.